The SMILES string of the molecule is CCCC1(c2ccccc2O)CN(c2nc(-c3ccncc3)cc(=O)n2C)CCO1. The van der Waals surface area contributed by atoms with E-state index in [2.05, 4.69) is 16.8 Å². The molecular weight excluding hydrogens is 380 g/mol. The maximum Gasteiger partial charge on any atom is 0.255 e. The molecule has 7 heteroatoms. The summed E-state index contributed by atoms with van der Waals surface area (Å²) in [7, 11) is 1.73. The van der Waals surface area contributed by atoms with Crippen LogP contribution >= 0.6 is 0 Å². The van der Waals surface area contributed by atoms with Gasteiger partial charge in [-0.1, -0.05) is 31.5 Å². The number of benzene rings is 1. The van der Waals surface area contributed by atoms with Gasteiger partial charge in [0.15, 0.2) is 0 Å². The molecule has 2 aromatic heterocycles. The highest BCUT2D eigenvalue weighted by Crippen LogP contribution is 2.39. The monoisotopic (exact) mass is 406 g/mol. The Morgan fingerprint density at radius 3 is 2.70 bits per heavy atom. The number of aromatic hydroxyl groups is 1. The minimum Gasteiger partial charge on any atom is -0.508 e. The molecule has 30 heavy (non-hydrogen) atoms. The molecule has 0 aliphatic carbocycles. The van der Waals surface area contributed by atoms with Gasteiger partial charge in [-0.3, -0.25) is 14.3 Å². The second-order valence-electron chi connectivity index (χ2n) is 7.61. The van der Waals surface area contributed by atoms with Crippen molar-refractivity contribution in [3.8, 4) is 17.0 Å². The summed E-state index contributed by atoms with van der Waals surface area (Å²) in [6, 6.07) is 12.5. The maximum absolute atomic E-state index is 12.7. The van der Waals surface area contributed by atoms with E-state index in [-0.39, 0.29) is 11.3 Å². The van der Waals surface area contributed by atoms with Gasteiger partial charge in [-0.15, -0.1) is 0 Å². The van der Waals surface area contributed by atoms with Gasteiger partial charge in [0.25, 0.3) is 5.56 Å². The van der Waals surface area contributed by atoms with Gasteiger partial charge in [-0.2, -0.15) is 0 Å². The topological polar surface area (TPSA) is 80.5 Å². The largest absolute Gasteiger partial charge is 0.508 e. The summed E-state index contributed by atoms with van der Waals surface area (Å²) in [5, 5.41) is 10.5. The van der Waals surface area contributed by atoms with E-state index in [1.54, 1.807) is 36.1 Å². The molecule has 0 saturated carbocycles. The van der Waals surface area contributed by atoms with E-state index in [4.69, 9.17) is 9.72 Å². The Kier molecular flexibility index (Phi) is 5.55. The van der Waals surface area contributed by atoms with Gasteiger partial charge in [0.1, 0.15) is 11.4 Å². The molecule has 1 aliphatic rings. The second-order valence-corrected chi connectivity index (χ2v) is 7.61. The normalized spacial score (nSPS) is 19.1. The summed E-state index contributed by atoms with van der Waals surface area (Å²) in [5.74, 6) is 0.814. The highest BCUT2D eigenvalue weighted by atomic mass is 16.5. The molecule has 1 fully saturated rings. The first kappa shape index (κ1) is 20.1. The number of nitrogens with zero attached hydrogens (tertiary/aromatic N) is 4. The van der Waals surface area contributed by atoms with E-state index in [0.717, 1.165) is 24.0 Å². The zero-order valence-corrected chi connectivity index (χ0v) is 17.3. The third kappa shape index (κ3) is 3.68. The molecule has 1 atom stereocenters. The molecule has 156 valence electrons. The lowest BCUT2D eigenvalue weighted by atomic mass is 9.86. The quantitative estimate of drug-likeness (QED) is 0.701. The average molecular weight is 406 g/mol. The number of phenolic OH excluding ortho intramolecular Hbond substituents is 1. The number of aromatic nitrogens is 3. The molecule has 4 rings (SSSR count). The summed E-state index contributed by atoms with van der Waals surface area (Å²) in [5.41, 5.74) is 1.44. The number of anilines is 1. The fourth-order valence-corrected chi connectivity index (χ4v) is 4.15. The van der Waals surface area contributed by atoms with Gasteiger partial charge in [-0.25, -0.2) is 4.98 Å². The van der Waals surface area contributed by atoms with Gasteiger partial charge in [0.05, 0.1) is 18.8 Å². The zero-order chi connectivity index (χ0) is 21.1. The molecule has 1 aromatic carbocycles. The molecule has 3 heterocycles. The predicted octanol–water partition coefficient (Wildman–Crippen LogP) is 3.08. The second kappa shape index (κ2) is 8.28. The van der Waals surface area contributed by atoms with Crippen molar-refractivity contribution in [1.29, 1.82) is 0 Å². The number of pyridine rings is 1. The highest BCUT2D eigenvalue weighted by Gasteiger charge is 2.40. The number of para-hydroxylation sites is 1. The van der Waals surface area contributed by atoms with Crippen LogP contribution in [0.4, 0.5) is 5.95 Å². The van der Waals surface area contributed by atoms with E-state index in [9.17, 15) is 9.90 Å². The first-order chi connectivity index (χ1) is 14.5. The first-order valence-electron chi connectivity index (χ1n) is 10.2. The number of hydrogen-bond donors (Lipinski definition) is 1. The van der Waals surface area contributed by atoms with E-state index < -0.39 is 5.60 Å². The van der Waals surface area contributed by atoms with Crippen molar-refractivity contribution in [2.45, 2.75) is 25.4 Å². The molecular formula is C23H26N4O3. The number of hydrogen-bond acceptors (Lipinski definition) is 6. The lowest BCUT2D eigenvalue weighted by Gasteiger charge is -2.44. The predicted molar refractivity (Wildman–Crippen MR) is 116 cm³/mol. The molecule has 0 amide bonds. The lowest BCUT2D eigenvalue weighted by molar-refractivity contribution is -0.0689. The molecule has 0 radical (unpaired) electrons. The summed E-state index contributed by atoms with van der Waals surface area (Å²) in [4.78, 5) is 23.6. The Hall–Kier alpha value is -3.19. The Labute approximate surface area is 175 Å². The van der Waals surface area contributed by atoms with Crippen molar-refractivity contribution >= 4 is 5.95 Å². The molecule has 1 N–H and O–H groups in total. The maximum atomic E-state index is 12.7. The van der Waals surface area contributed by atoms with Crippen LogP contribution in [0, 0.1) is 0 Å². The van der Waals surface area contributed by atoms with Crippen molar-refractivity contribution in [3.05, 3.63) is 70.8 Å². The van der Waals surface area contributed by atoms with Crippen molar-refractivity contribution in [2.75, 3.05) is 24.6 Å². The molecule has 3 aromatic rings. The van der Waals surface area contributed by atoms with Crippen LogP contribution < -0.4 is 10.5 Å². The van der Waals surface area contributed by atoms with Gasteiger partial charge in [-0.05, 0) is 24.6 Å². The third-order valence-corrected chi connectivity index (χ3v) is 5.60. The Morgan fingerprint density at radius 1 is 1.20 bits per heavy atom. The lowest BCUT2D eigenvalue weighted by Crippen LogP contribution is -2.51. The van der Waals surface area contributed by atoms with Crippen LogP contribution in [-0.2, 0) is 17.4 Å². The van der Waals surface area contributed by atoms with Crippen molar-refractivity contribution < 1.29 is 9.84 Å². The number of rotatable bonds is 5. The summed E-state index contributed by atoms with van der Waals surface area (Å²) in [6.07, 6.45) is 5.02. The van der Waals surface area contributed by atoms with Crippen LogP contribution in [0.15, 0.2) is 59.7 Å². The van der Waals surface area contributed by atoms with Crippen LogP contribution in [0.2, 0.25) is 0 Å². The fourth-order valence-electron chi connectivity index (χ4n) is 4.15. The molecule has 7 nitrogen and oxygen atoms in total. The van der Waals surface area contributed by atoms with Crippen LogP contribution in [0.1, 0.15) is 25.3 Å². The van der Waals surface area contributed by atoms with E-state index in [0.29, 0.717) is 31.3 Å². The minimum absolute atomic E-state index is 0.123. The van der Waals surface area contributed by atoms with Gasteiger partial charge in [0.2, 0.25) is 5.95 Å². The number of phenols is 1. The van der Waals surface area contributed by atoms with E-state index in [1.807, 2.05) is 30.3 Å². The van der Waals surface area contributed by atoms with Crippen LogP contribution in [0.5, 0.6) is 5.75 Å². The van der Waals surface area contributed by atoms with E-state index >= 15 is 0 Å². The Balaban J connectivity index is 1.77. The van der Waals surface area contributed by atoms with Gasteiger partial charge < -0.3 is 14.7 Å². The van der Waals surface area contributed by atoms with Crippen LogP contribution in [0.3, 0.4) is 0 Å². The molecule has 1 saturated heterocycles. The third-order valence-electron chi connectivity index (χ3n) is 5.60. The van der Waals surface area contributed by atoms with Crippen molar-refractivity contribution in [3.63, 3.8) is 0 Å². The smallest absolute Gasteiger partial charge is 0.255 e. The average Bonchev–Trinajstić information content (AvgIpc) is 2.77. The summed E-state index contributed by atoms with van der Waals surface area (Å²) in [6.45, 7) is 3.68. The minimum atomic E-state index is -0.664. The molecule has 0 bridgehead atoms. The highest BCUT2D eigenvalue weighted by molar-refractivity contribution is 5.59. The van der Waals surface area contributed by atoms with E-state index in [1.165, 1.54) is 0 Å². The fraction of sp³-hybridized carbons (Fsp3) is 0.348. The first-order valence-corrected chi connectivity index (χ1v) is 10.2. The summed E-state index contributed by atoms with van der Waals surface area (Å²) >= 11 is 0. The summed E-state index contributed by atoms with van der Waals surface area (Å²) < 4.78 is 7.85. The van der Waals surface area contributed by atoms with Crippen LogP contribution in [0.25, 0.3) is 11.3 Å². The number of morpholine rings is 1. The molecule has 0 spiro atoms. The molecule has 1 unspecified atom stereocenters. The Bertz CT molecular complexity index is 1080. The van der Waals surface area contributed by atoms with Crippen LogP contribution in [-0.4, -0.2) is 39.3 Å². The Morgan fingerprint density at radius 2 is 1.97 bits per heavy atom. The van der Waals surface area contributed by atoms with Gasteiger partial charge >= 0.3 is 0 Å². The standard InChI is InChI=1S/C23H26N4O3/c1-3-10-23(18-6-4-5-7-20(18)28)16-27(13-14-30-23)22-25-19(15-21(29)26(22)2)17-8-11-24-12-9-17/h4-9,11-12,15,28H,3,10,13-14,16H2,1-2H3. The van der Waals surface area contributed by atoms with Crippen molar-refractivity contribution in [2.24, 2.45) is 7.05 Å². The molecule has 1 aliphatic heterocycles. The van der Waals surface area contributed by atoms with Gasteiger partial charge in [0, 0.05) is 43.2 Å². The number of ether oxygens (including phenoxy) is 1. The zero-order valence-electron chi connectivity index (χ0n) is 17.3. The van der Waals surface area contributed by atoms with Crippen molar-refractivity contribution in [1.82, 2.24) is 14.5 Å².